The van der Waals surface area contributed by atoms with Gasteiger partial charge in [-0.1, -0.05) is 13.3 Å². The van der Waals surface area contributed by atoms with Crippen molar-refractivity contribution < 1.29 is 8.42 Å². The topological polar surface area (TPSA) is 46.2 Å². The first-order valence-corrected chi connectivity index (χ1v) is 6.25. The molecule has 0 spiro atoms. The van der Waals surface area contributed by atoms with E-state index in [0.717, 1.165) is 12.8 Å². The second-order valence-corrected chi connectivity index (χ2v) is 5.62. The summed E-state index contributed by atoms with van der Waals surface area (Å²) in [4.78, 5) is 0. The Kier molecular flexibility index (Phi) is 4.78. The van der Waals surface area contributed by atoms with Crippen molar-refractivity contribution in [3.8, 4) is 0 Å². The first-order valence-electron chi connectivity index (χ1n) is 4.29. The molecule has 2 atom stereocenters. The fraction of sp³-hybridized carbons (Fsp3) is 1.00. The van der Waals surface area contributed by atoms with Crippen molar-refractivity contribution >= 4 is 9.84 Å². The molecule has 0 bridgehead atoms. The van der Waals surface area contributed by atoms with Crippen LogP contribution in [0.4, 0.5) is 0 Å². The van der Waals surface area contributed by atoms with E-state index in [9.17, 15) is 8.42 Å². The molecule has 0 amide bonds. The van der Waals surface area contributed by atoms with Crippen LogP contribution < -0.4 is 5.32 Å². The van der Waals surface area contributed by atoms with Crippen molar-refractivity contribution in [2.45, 2.75) is 38.0 Å². The average Bonchev–Trinajstić information content (AvgIpc) is 1.97. The van der Waals surface area contributed by atoms with Gasteiger partial charge in [0.15, 0.2) is 9.84 Å². The van der Waals surface area contributed by atoms with Gasteiger partial charge in [0.1, 0.15) is 0 Å². The Balaban J connectivity index is 4.31. The lowest BCUT2D eigenvalue weighted by atomic mass is 10.1. The van der Waals surface area contributed by atoms with E-state index in [2.05, 4.69) is 12.2 Å². The number of rotatable bonds is 5. The Morgan fingerprint density at radius 2 is 1.92 bits per heavy atom. The Morgan fingerprint density at radius 3 is 2.17 bits per heavy atom. The van der Waals surface area contributed by atoms with Crippen LogP contribution in [0.3, 0.4) is 0 Å². The zero-order chi connectivity index (χ0) is 9.78. The van der Waals surface area contributed by atoms with E-state index >= 15 is 0 Å². The van der Waals surface area contributed by atoms with Crippen LogP contribution in [0.2, 0.25) is 0 Å². The van der Waals surface area contributed by atoms with Crippen molar-refractivity contribution in [3.05, 3.63) is 0 Å². The SMILES string of the molecule is CCCC(NC)C(C)S(C)(=O)=O. The molecule has 2 unspecified atom stereocenters. The van der Waals surface area contributed by atoms with E-state index in [0.29, 0.717) is 0 Å². The van der Waals surface area contributed by atoms with Crippen LogP contribution in [-0.2, 0) is 9.84 Å². The van der Waals surface area contributed by atoms with Gasteiger partial charge in [-0.2, -0.15) is 0 Å². The predicted octanol–water partition coefficient (Wildman–Crippen LogP) is 0.808. The van der Waals surface area contributed by atoms with Crippen molar-refractivity contribution in [3.63, 3.8) is 0 Å². The smallest absolute Gasteiger partial charge is 0.151 e. The standard InChI is InChI=1S/C8H19NO2S/c1-5-6-8(9-3)7(2)12(4,10)11/h7-9H,5-6H2,1-4H3. The molecule has 0 aromatic heterocycles. The first kappa shape index (κ1) is 11.9. The fourth-order valence-electron chi connectivity index (χ4n) is 1.22. The van der Waals surface area contributed by atoms with Crippen LogP contribution in [-0.4, -0.2) is 33.0 Å². The van der Waals surface area contributed by atoms with Crippen molar-refractivity contribution in [1.29, 1.82) is 0 Å². The molecule has 74 valence electrons. The lowest BCUT2D eigenvalue weighted by Gasteiger charge is -2.21. The Morgan fingerprint density at radius 1 is 1.42 bits per heavy atom. The minimum absolute atomic E-state index is 0.0880. The first-order chi connectivity index (χ1) is 5.43. The maximum absolute atomic E-state index is 11.2. The maximum Gasteiger partial charge on any atom is 0.151 e. The lowest BCUT2D eigenvalue weighted by molar-refractivity contribution is 0.488. The van der Waals surface area contributed by atoms with Gasteiger partial charge in [-0.05, 0) is 20.4 Å². The van der Waals surface area contributed by atoms with E-state index in [-0.39, 0.29) is 11.3 Å². The average molecular weight is 193 g/mol. The highest BCUT2D eigenvalue weighted by Crippen LogP contribution is 2.09. The molecule has 0 aliphatic rings. The summed E-state index contributed by atoms with van der Waals surface area (Å²) in [7, 11) is -1.09. The Labute approximate surface area is 75.5 Å². The molecule has 0 radical (unpaired) electrons. The number of nitrogens with one attached hydrogen (secondary N) is 1. The Hall–Kier alpha value is -0.0900. The van der Waals surface area contributed by atoms with Gasteiger partial charge >= 0.3 is 0 Å². The second-order valence-electron chi connectivity index (χ2n) is 3.22. The molecular formula is C8H19NO2S. The summed E-state index contributed by atoms with van der Waals surface area (Å²) in [6.45, 7) is 3.81. The maximum atomic E-state index is 11.2. The summed E-state index contributed by atoms with van der Waals surface area (Å²) in [6.07, 6.45) is 3.20. The summed E-state index contributed by atoms with van der Waals surface area (Å²) >= 11 is 0. The minimum Gasteiger partial charge on any atom is -0.316 e. The minimum atomic E-state index is -2.90. The van der Waals surface area contributed by atoms with Crippen molar-refractivity contribution in [2.75, 3.05) is 13.3 Å². The van der Waals surface area contributed by atoms with Gasteiger partial charge in [0.2, 0.25) is 0 Å². The molecule has 0 aromatic carbocycles. The van der Waals surface area contributed by atoms with Crippen LogP contribution in [0.15, 0.2) is 0 Å². The quantitative estimate of drug-likeness (QED) is 0.703. The highest BCUT2D eigenvalue weighted by Gasteiger charge is 2.23. The van der Waals surface area contributed by atoms with Gasteiger partial charge in [0.05, 0.1) is 5.25 Å². The summed E-state index contributed by atoms with van der Waals surface area (Å²) in [5, 5.41) is 2.74. The van der Waals surface area contributed by atoms with Gasteiger partial charge in [-0.3, -0.25) is 0 Å². The molecule has 0 fully saturated rings. The highest BCUT2D eigenvalue weighted by molar-refractivity contribution is 7.91. The number of hydrogen-bond acceptors (Lipinski definition) is 3. The molecule has 0 aliphatic carbocycles. The fourth-order valence-corrected chi connectivity index (χ4v) is 2.09. The van der Waals surface area contributed by atoms with Crippen LogP contribution in [0, 0.1) is 0 Å². The summed E-state index contributed by atoms with van der Waals surface area (Å²) in [5.41, 5.74) is 0. The summed E-state index contributed by atoms with van der Waals surface area (Å²) < 4.78 is 22.3. The third kappa shape index (κ3) is 3.54. The zero-order valence-electron chi connectivity index (χ0n) is 8.29. The molecule has 1 N–H and O–H groups in total. The molecule has 0 rings (SSSR count). The van der Waals surface area contributed by atoms with Gasteiger partial charge in [-0.15, -0.1) is 0 Å². The van der Waals surface area contributed by atoms with Crippen molar-refractivity contribution in [1.82, 2.24) is 5.32 Å². The van der Waals surface area contributed by atoms with Gasteiger partial charge in [0, 0.05) is 12.3 Å². The third-order valence-corrected chi connectivity index (χ3v) is 3.89. The van der Waals surface area contributed by atoms with E-state index in [1.54, 1.807) is 6.92 Å². The highest BCUT2D eigenvalue weighted by atomic mass is 32.2. The van der Waals surface area contributed by atoms with E-state index in [1.165, 1.54) is 6.26 Å². The second kappa shape index (κ2) is 4.82. The van der Waals surface area contributed by atoms with Crippen LogP contribution in [0.25, 0.3) is 0 Å². The molecule has 0 aliphatic heterocycles. The van der Waals surface area contributed by atoms with Crippen LogP contribution in [0.5, 0.6) is 0 Å². The molecule has 0 heterocycles. The largest absolute Gasteiger partial charge is 0.316 e. The molecule has 0 aromatic rings. The van der Waals surface area contributed by atoms with Crippen LogP contribution >= 0.6 is 0 Å². The molecule has 0 saturated heterocycles. The zero-order valence-corrected chi connectivity index (χ0v) is 9.11. The monoisotopic (exact) mass is 193 g/mol. The van der Waals surface area contributed by atoms with Crippen LogP contribution in [0.1, 0.15) is 26.7 Å². The number of sulfone groups is 1. The molecule has 12 heavy (non-hydrogen) atoms. The molecule has 3 nitrogen and oxygen atoms in total. The number of hydrogen-bond donors (Lipinski definition) is 1. The molecule has 4 heteroatoms. The van der Waals surface area contributed by atoms with E-state index in [4.69, 9.17) is 0 Å². The van der Waals surface area contributed by atoms with Crippen molar-refractivity contribution in [2.24, 2.45) is 0 Å². The van der Waals surface area contributed by atoms with E-state index in [1.807, 2.05) is 7.05 Å². The Bertz CT molecular complexity index is 211. The third-order valence-electron chi connectivity index (χ3n) is 2.21. The van der Waals surface area contributed by atoms with Gasteiger partial charge in [0.25, 0.3) is 0 Å². The lowest BCUT2D eigenvalue weighted by Crippen LogP contribution is -2.40. The summed E-state index contributed by atoms with van der Waals surface area (Å²) in [6, 6.07) is 0.0880. The normalized spacial score (nSPS) is 17.3. The molecular weight excluding hydrogens is 174 g/mol. The predicted molar refractivity (Wildman–Crippen MR) is 52.1 cm³/mol. The van der Waals surface area contributed by atoms with E-state index < -0.39 is 9.84 Å². The van der Waals surface area contributed by atoms with Gasteiger partial charge < -0.3 is 5.32 Å². The summed E-state index contributed by atoms with van der Waals surface area (Å²) in [5.74, 6) is 0. The molecule has 0 saturated carbocycles. The van der Waals surface area contributed by atoms with Gasteiger partial charge in [-0.25, -0.2) is 8.42 Å².